The van der Waals surface area contributed by atoms with Crippen molar-refractivity contribution in [3.63, 3.8) is 0 Å². The second-order valence-electron chi connectivity index (χ2n) is 11.6. The van der Waals surface area contributed by atoms with Crippen molar-refractivity contribution < 1.29 is 8.83 Å². The Kier molecular flexibility index (Phi) is 4.96. The summed E-state index contributed by atoms with van der Waals surface area (Å²) in [5, 5.41) is 6.76. The maximum atomic E-state index is 6.52. The summed E-state index contributed by atoms with van der Waals surface area (Å²) in [6.07, 6.45) is 4.10. The van der Waals surface area contributed by atoms with Crippen LogP contribution in [0.1, 0.15) is 0 Å². The van der Waals surface area contributed by atoms with Gasteiger partial charge in [0.05, 0.1) is 11.3 Å². The second kappa shape index (κ2) is 9.18. The lowest BCUT2D eigenvalue weighted by Gasteiger charge is -2.09. The predicted molar refractivity (Wildman–Crippen MR) is 184 cm³/mol. The van der Waals surface area contributed by atoms with Crippen molar-refractivity contribution in [1.29, 1.82) is 0 Å². The number of benzene rings is 6. The van der Waals surface area contributed by atoms with Gasteiger partial charge in [0.2, 0.25) is 0 Å². The molecular weight excluding hydrogens is 552 g/mol. The zero-order valence-electron chi connectivity index (χ0n) is 24.1. The molecule has 0 fully saturated rings. The second-order valence-corrected chi connectivity index (χ2v) is 11.6. The van der Waals surface area contributed by atoms with Crippen LogP contribution in [0.15, 0.2) is 155 Å². The summed E-state index contributed by atoms with van der Waals surface area (Å²) in [7, 11) is 0. The molecule has 0 atom stereocenters. The largest absolute Gasteiger partial charge is 0.455 e. The van der Waals surface area contributed by atoms with Crippen LogP contribution in [0.5, 0.6) is 0 Å². The summed E-state index contributed by atoms with van der Waals surface area (Å²) in [5.41, 5.74) is 10.9. The van der Waals surface area contributed by atoms with E-state index < -0.39 is 0 Å². The molecule has 4 nitrogen and oxygen atoms in total. The summed E-state index contributed by atoms with van der Waals surface area (Å²) in [5.74, 6) is 0. The van der Waals surface area contributed by atoms with Gasteiger partial charge in [-0.15, -0.1) is 0 Å². The molecule has 0 aliphatic heterocycles. The fourth-order valence-electron chi connectivity index (χ4n) is 6.79. The minimum absolute atomic E-state index is 0.851. The Morgan fingerprint density at radius 2 is 1.04 bits per heavy atom. The lowest BCUT2D eigenvalue weighted by Crippen LogP contribution is -1.84. The van der Waals surface area contributed by atoms with E-state index in [1.54, 1.807) is 0 Å². The molecule has 10 rings (SSSR count). The molecule has 0 aliphatic carbocycles. The van der Waals surface area contributed by atoms with Gasteiger partial charge in [-0.3, -0.25) is 0 Å². The van der Waals surface area contributed by atoms with Gasteiger partial charge in [0, 0.05) is 39.5 Å². The number of para-hydroxylation sites is 2. The van der Waals surface area contributed by atoms with Crippen LogP contribution < -0.4 is 0 Å². The average Bonchev–Trinajstić information content (AvgIpc) is 3.80. The molecule has 0 aliphatic rings. The molecular formula is C41H24N2O2. The first-order valence-corrected chi connectivity index (χ1v) is 15.1. The maximum absolute atomic E-state index is 6.52. The van der Waals surface area contributed by atoms with E-state index in [9.17, 15) is 0 Å². The molecule has 0 amide bonds. The van der Waals surface area contributed by atoms with Crippen LogP contribution in [0.3, 0.4) is 0 Å². The number of nitrogens with zero attached hydrogens (tertiary/aromatic N) is 2. The van der Waals surface area contributed by atoms with Gasteiger partial charge in [0.1, 0.15) is 28.0 Å². The highest BCUT2D eigenvalue weighted by atomic mass is 16.3. The minimum Gasteiger partial charge on any atom is -0.455 e. The summed E-state index contributed by atoms with van der Waals surface area (Å²) in [6, 6.07) is 46.7. The van der Waals surface area contributed by atoms with Crippen LogP contribution in [-0.4, -0.2) is 9.38 Å². The fraction of sp³-hybridized carbons (Fsp3) is 0. The van der Waals surface area contributed by atoms with E-state index in [1.807, 2.05) is 48.7 Å². The maximum Gasteiger partial charge on any atom is 0.147 e. The molecule has 0 N–H and O–H groups in total. The van der Waals surface area contributed by atoms with Gasteiger partial charge in [0.25, 0.3) is 0 Å². The summed E-state index contributed by atoms with van der Waals surface area (Å²) >= 11 is 0. The van der Waals surface area contributed by atoms with E-state index in [2.05, 4.69) is 102 Å². The topological polar surface area (TPSA) is 43.6 Å². The lowest BCUT2D eigenvalue weighted by molar-refractivity contribution is 0.658. The molecule has 0 radical (unpaired) electrons. The summed E-state index contributed by atoms with van der Waals surface area (Å²) in [4.78, 5) is 4.77. The van der Waals surface area contributed by atoms with Crippen molar-refractivity contribution in [2.45, 2.75) is 0 Å². The van der Waals surface area contributed by atoms with E-state index in [4.69, 9.17) is 13.8 Å². The third-order valence-corrected chi connectivity index (χ3v) is 9.02. The van der Waals surface area contributed by atoms with Crippen molar-refractivity contribution >= 4 is 60.3 Å². The monoisotopic (exact) mass is 576 g/mol. The van der Waals surface area contributed by atoms with Gasteiger partial charge in [-0.25, -0.2) is 4.98 Å². The van der Waals surface area contributed by atoms with Crippen LogP contribution in [-0.2, 0) is 0 Å². The quantitative estimate of drug-likeness (QED) is 0.210. The summed E-state index contributed by atoms with van der Waals surface area (Å²) in [6.45, 7) is 0. The fourth-order valence-corrected chi connectivity index (χ4v) is 6.79. The number of fused-ring (bicyclic) bond motifs is 8. The Bertz CT molecular complexity index is 2640. The van der Waals surface area contributed by atoms with Crippen LogP contribution in [0.25, 0.3) is 93.8 Å². The summed E-state index contributed by atoms with van der Waals surface area (Å²) < 4.78 is 15.1. The molecule has 45 heavy (non-hydrogen) atoms. The highest BCUT2D eigenvalue weighted by Gasteiger charge is 2.21. The van der Waals surface area contributed by atoms with E-state index in [0.717, 1.165) is 77.3 Å². The molecule has 4 heterocycles. The first-order valence-electron chi connectivity index (χ1n) is 15.1. The van der Waals surface area contributed by atoms with E-state index in [0.29, 0.717) is 0 Å². The molecule has 0 saturated carbocycles. The molecule has 0 unspecified atom stereocenters. The Labute approximate surface area is 257 Å². The predicted octanol–water partition coefficient (Wildman–Crippen LogP) is 11.3. The molecule has 0 saturated heterocycles. The van der Waals surface area contributed by atoms with Crippen molar-refractivity contribution in [2.75, 3.05) is 0 Å². The van der Waals surface area contributed by atoms with Crippen LogP contribution >= 0.6 is 0 Å². The van der Waals surface area contributed by atoms with E-state index in [1.165, 1.54) is 16.5 Å². The number of rotatable bonds is 3. The van der Waals surface area contributed by atoms with Crippen molar-refractivity contribution in [3.05, 3.63) is 146 Å². The molecule has 4 heteroatoms. The third-order valence-electron chi connectivity index (χ3n) is 9.02. The highest BCUT2D eigenvalue weighted by molar-refractivity contribution is 6.22. The number of furan rings is 2. The number of imidazole rings is 1. The molecule has 4 aromatic heterocycles. The first kappa shape index (κ1) is 24.3. The van der Waals surface area contributed by atoms with Gasteiger partial charge in [0.15, 0.2) is 0 Å². The Morgan fingerprint density at radius 3 is 1.73 bits per heavy atom. The van der Waals surface area contributed by atoms with Gasteiger partial charge < -0.3 is 13.2 Å². The van der Waals surface area contributed by atoms with Crippen LogP contribution in [0.4, 0.5) is 0 Å². The minimum atomic E-state index is 0.851. The zero-order chi connectivity index (χ0) is 29.5. The third kappa shape index (κ3) is 3.69. The average molecular weight is 577 g/mol. The SMILES string of the molecule is c1ccc2c(c1)oc1c(-c3ccc4cc(-c5ccc(-c6cn7ccccc7n6)cc5)ccc4c3)c3oc4ccccc4c3cc12. The standard InChI is InChI=1S/C41H24N2O2/c1-3-9-36-31(7-1)33-23-34-32-8-2-4-10-37(32)45-41(34)39(40(33)44-36)30-19-18-28-21-27(16-17-29(28)22-30)25-12-14-26(15-13-25)35-24-43-20-6-5-11-38(43)42-35/h1-24H. The van der Waals surface area contributed by atoms with Crippen molar-refractivity contribution in [2.24, 2.45) is 0 Å². The molecule has 10 aromatic rings. The Morgan fingerprint density at radius 1 is 0.467 bits per heavy atom. The first-order chi connectivity index (χ1) is 22.3. The highest BCUT2D eigenvalue weighted by Crippen LogP contribution is 2.45. The van der Waals surface area contributed by atoms with Crippen LogP contribution in [0, 0.1) is 0 Å². The number of hydrogen-bond acceptors (Lipinski definition) is 3. The van der Waals surface area contributed by atoms with Gasteiger partial charge in [-0.05, 0) is 69.9 Å². The normalized spacial score (nSPS) is 12.0. The molecule has 6 aromatic carbocycles. The van der Waals surface area contributed by atoms with E-state index in [-0.39, 0.29) is 0 Å². The van der Waals surface area contributed by atoms with E-state index >= 15 is 0 Å². The van der Waals surface area contributed by atoms with Gasteiger partial charge in [-0.1, -0.05) is 91.0 Å². The van der Waals surface area contributed by atoms with Crippen molar-refractivity contribution in [1.82, 2.24) is 9.38 Å². The molecule has 0 bridgehead atoms. The smallest absolute Gasteiger partial charge is 0.147 e. The number of pyridine rings is 1. The Balaban J connectivity index is 1.09. The Hall–Kier alpha value is -6.13. The number of aromatic nitrogens is 2. The number of hydrogen-bond donors (Lipinski definition) is 0. The molecule has 210 valence electrons. The molecule has 0 spiro atoms. The van der Waals surface area contributed by atoms with Gasteiger partial charge >= 0.3 is 0 Å². The van der Waals surface area contributed by atoms with Crippen molar-refractivity contribution in [3.8, 4) is 33.5 Å². The van der Waals surface area contributed by atoms with Gasteiger partial charge in [-0.2, -0.15) is 0 Å². The van der Waals surface area contributed by atoms with Crippen LogP contribution in [0.2, 0.25) is 0 Å². The zero-order valence-corrected chi connectivity index (χ0v) is 24.1. The lowest BCUT2D eigenvalue weighted by atomic mass is 9.95.